The second-order valence-corrected chi connectivity index (χ2v) is 6.95. The largest absolute Gasteiger partial charge is 0.465 e. The molecule has 1 atom stereocenters. The minimum atomic E-state index is -0.371. The Morgan fingerprint density at radius 2 is 2.12 bits per heavy atom. The summed E-state index contributed by atoms with van der Waals surface area (Å²) in [4.78, 5) is 22.3. The third-order valence-electron chi connectivity index (χ3n) is 4.14. The van der Waals surface area contributed by atoms with Crippen molar-refractivity contribution in [1.29, 1.82) is 5.26 Å². The molecule has 2 heterocycles. The Kier molecular flexibility index (Phi) is 4.87. The lowest BCUT2D eigenvalue weighted by Gasteiger charge is -2.16. The van der Waals surface area contributed by atoms with Crippen molar-refractivity contribution in [2.75, 3.05) is 12.4 Å². The van der Waals surface area contributed by atoms with Gasteiger partial charge in [-0.3, -0.25) is 0 Å². The molecule has 3 rings (SSSR count). The highest BCUT2D eigenvalue weighted by Crippen LogP contribution is 2.35. The minimum absolute atomic E-state index is 0.0679. The maximum atomic E-state index is 12.0. The first-order valence-corrected chi connectivity index (χ1v) is 8.89. The Bertz CT molecular complexity index is 1040. The minimum Gasteiger partial charge on any atom is -0.465 e. The van der Waals surface area contributed by atoms with Crippen LogP contribution in [-0.4, -0.2) is 23.0 Å². The molecular formula is C19H18N4O2S. The number of ether oxygens (including phenoxy) is 1. The number of carbonyl (C=O) groups excluding carboxylic acids is 1. The van der Waals surface area contributed by atoms with Crippen LogP contribution in [0.1, 0.15) is 45.2 Å². The third kappa shape index (κ3) is 3.24. The summed E-state index contributed by atoms with van der Waals surface area (Å²) in [5.74, 6) is 0.922. The predicted octanol–water partition coefficient (Wildman–Crippen LogP) is 4.14. The summed E-state index contributed by atoms with van der Waals surface area (Å²) in [5.41, 5.74) is 2.40. The van der Waals surface area contributed by atoms with Crippen molar-refractivity contribution in [2.45, 2.75) is 26.8 Å². The van der Waals surface area contributed by atoms with Gasteiger partial charge in [0, 0.05) is 0 Å². The first-order valence-electron chi connectivity index (χ1n) is 8.07. The number of carbonyl (C=O) groups is 1. The van der Waals surface area contributed by atoms with Crippen LogP contribution in [0, 0.1) is 25.2 Å². The van der Waals surface area contributed by atoms with Crippen LogP contribution < -0.4 is 5.32 Å². The van der Waals surface area contributed by atoms with Crippen LogP contribution >= 0.6 is 11.3 Å². The summed E-state index contributed by atoms with van der Waals surface area (Å²) in [6, 6.07) is 9.53. The summed E-state index contributed by atoms with van der Waals surface area (Å²) in [6.07, 6.45) is 0. The molecule has 0 amide bonds. The summed E-state index contributed by atoms with van der Waals surface area (Å²) in [5, 5.41) is 13.3. The van der Waals surface area contributed by atoms with Crippen molar-refractivity contribution in [1.82, 2.24) is 9.97 Å². The maximum Gasteiger partial charge on any atom is 0.348 e. The van der Waals surface area contributed by atoms with Crippen LogP contribution in [0.4, 0.5) is 5.82 Å². The number of fused-ring (bicyclic) bond motifs is 1. The molecule has 0 bridgehead atoms. The Balaban J connectivity index is 2.05. The van der Waals surface area contributed by atoms with E-state index < -0.39 is 0 Å². The van der Waals surface area contributed by atoms with Gasteiger partial charge in [0.25, 0.3) is 0 Å². The highest BCUT2D eigenvalue weighted by molar-refractivity contribution is 7.20. The molecule has 0 fully saturated rings. The first-order chi connectivity index (χ1) is 12.4. The molecule has 2 aromatic heterocycles. The number of thiophene rings is 1. The molecule has 26 heavy (non-hydrogen) atoms. The van der Waals surface area contributed by atoms with E-state index in [0.29, 0.717) is 22.1 Å². The standard InChI is InChI=1S/C19H18N4O2S/c1-10-15-17(21-11(2)14-7-5-6-13(8-14)9-20)22-12(3)23-18(15)26-16(10)19(24)25-4/h5-8,11H,1-4H3,(H,21,22,23). The number of esters is 1. The highest BCUT2D eigenvalue weighted by Gasteiger charge is 2.21. The van der Waals surface area contributed by atoms with Gasteiger partial charge in [0.15, 0.2) is 0 Å². The zero-order valence-electron chi connectivity index (χ0n) is 15.0. The Morgan fingerprint density at radius 1 is 1.35 bits per heavy atom. The number of hydrogen-bond acceptors (Lipinski definition) is 7. The fraction of sp³-hybridized carbons (Fsp3) is 0.263. The fourth-order valence-corrected chi connectivity index (χ4v) is 3.95. The van der Waals surface area contributed by atoms with Crippen LogP contribution in [0.15, 0.2) is 24.3 Å². The quantitative estimate of drug-likeness (QED) is 0.698. The molecule has 0 radical (unpaired) electrons. The van der Waals surface area contributed by atoms with E-state index in [9.17, 15) is 4.79 Å². The molecule has 0 aliphatic heterocycles. The number of nitrogens with one attached hydrogen (secondary N) is 1. The van der Waals surface area contributed by atoms with E-state index in [1.807, 2.05) is 39.0 Å². The molecule has 1 N–H and O–H groups in total. The molecule has 132 valence electrons. The Hall–Kier alpha value is -2.98. The molecule has 0 aliphatic rings. The molecular weight excluding hydrogens is 348 g/mol. The van der Waals surface area contributed by atoms with E-state index in [1.165, 1.54) is 18.4 Å². The summed E-state index contributed by atoms with van der Waals surface area (Å²) in [6.45, 7) is 5.69. The lowest BCUT2D eigenvalue weighted by molar-refractivity contribution is 0.0605. The molecule has 0 saturated carbocycles. The van der Waals surface area contributed by atoms with Crippen molar-refractivity contribution in [2.24, 2.45) is 0 Å². The van der Waals surface area contributed by atoms with E-state index in [0.717, 1.165) is 21.3 Å². The van der Waals surface area contributed by atoms with Gasteiger partial charge in [-0.1, -0.05) is 12.1 Å². The van der Waals surface area contributed by atoms with Gasteiger partial charge < -0.3 is 10.1 Å². The van der Waals surface area contributed by atoms with Crippen molar-refractivity contribution < 1.29 is 9.53 Å². The predicted molar refractivity (Wildman–Crippen MR) is 101 cm³/mol. The summed E-state index contributed by atoms with van der Waals surface area (Å²) >= 11 is 1.31. The van der Waals surface area contributed by atoms with Crippen molar-refractivity contribution in [3.8, 4) is 6.07 Å². The van der Waals surface area contributed by atoms with E-state index in [4.69, 9.17) is 10.00 Å². The highest BCUT2D eigenvalue weighted by atomic mass is 32.1. The van der Waals surface area contributed by atoms with Crippen molar-refractivity contribution >= 4 is 33.3 Å². The van der Waals surface area contributed by atoms with E-state index >= 15 is 0 Å². The van der Waals surface area contributed by atoms with Gasteiger partial charge in [-0.2, -0.15) is 5.26 Å². The van der Waals surface area contributed by atoms with Gasteiger partial charge in [-0.05, 0) is 44.0 Å². The molecule has 1 aromatic carbocycles. The number of nitriles is 1. The van der Waals surface area contributed by atoms with Crippen molar-refractivity contribution in [3.63, 3.8) is 0 Å². The number of nitrogens with zero attached hydrogens (tertiary/aromatic N) is 3. The van der Waals surface area contributed by atoms with Crippen LogP contribution in [-0.2, 0) is 4.74 Å². The second-order valence-electron chi connectivity index (χ2n) is 5.95. The van der Waals surface area contributed by atoms with E-state index in [2.05, 4.69) is 21.4 Å². The monoisotopic (exact) mass is 366 g/mol. The number of methoxy groups -OCH3 is 1. The molecule has 0 aliphatic carbocycles. The van der Waals surface area contributed by atoms with Gasteiger partial charge in [0.1, 0.15) is 21.3 Å². The van der Waals surface area contributed by atoms with Crippen LogP contribution in [0.5, 0.6) is 0 Å². The number of anilines is 1. The van der Waals surface area contributed by atoms with Crippen LogP contribution in [0.3, 0.4) is 0 Å². The summed E-state index contributed by atoms with van der Waals surface area (Å²) in [7, 11) is 1.37. The van der Waals surface area contributed by atoms with Crippen LogP contribution in [0.2, 0.25) is 0 Å². The maximum absolute atomic E-state index is 12.0. The first kappa shape index (κ1) is 17.8. The summed E-state index contributed by atoms with van der Waals surface area (Å²) < 4.78 is 4.86. The Morgan fingerprint density at radius 3 is 2.81 bits per heavy atom. The van der Waals surface area contributed by atoms with Crippen molar-refractivity contribution in [3.05, 3.63) is 51.7 Å². The molecule has 0 spiro atoms. The average molecular weight is 366 g/mol. The topological polar surface area (TPSA) is 87.9 Å². The van der Waals surface area contributed by atoms with Gasteiger partial charge in [0.05, 0.1) is 30.2 Å². The van der Waals surface area contributed by atoms with Gasteiger partial charge in [-0.25, -0.2) is 14.8 Å². The SMILES string of the molecule is COC(=O)c1sc2nc(C)nc(NC(C)c3cccc(C#N)c3)c2c1C. The molecule has 3 aromatic rings. The Labute approximate surface area is 155 Å². The zero-order valence-corrected chi connectivity index (χ0v) is 15.8. The number of aromatic nitrogens is 2. The normalized spacial score (nSPS) is 11.8. The van der Waals surface area contributed by atoms with E-state index in [1.54, 1.807) is 6.07 Å². The number of benzene rings is 1. The second kappa shape index (κ2) is 7.10. The van der Waals surface area contributed by atoms with Crippen LogP contribution in [0.25, 0.3) is 10.2 Å². The average Bonchev–Trinajstić information content (AvgIpc) is 2.97. The molecule has 0 saturated heterocycles. The van der Waals surface area contributed by atoms with Gasteiger partial charge >= 0.3 is 5.97 Å². The molecule has 6 nitrogen and oxygen atoms in total. The molecule has 7 heteroatoms. The number of aryl methyl sites for hydroxylation is 2. The van der Waals surface area contributed by atoms with E-state index in [-0.39, 0.29) is 12.0 Å². The lowest BCUT2D eigenvalue weighted by atomic mass is 10.1. The zero-order chi connectivity index (χ0) is 18.8. The van der Waals surface area contributed by atoms with Gasteiger partial charge in [0.2, 0.25) is 0 Å². The smallest absolute Gasteiger partial charge is 0.348 e. The number of rotatable bonds is 4. The molecule has 1 unspecified atom stereocenters. The lowest BCUT2D eigenvalue weighted by Crippen LogP contribution is -2.09. The third-order valence-corrected chi connectivity index (χ3v) is 5.31. The fourth-order valence-electron chi connectivity index (χ4n) is 2.80. The number of hydrogen-bond donors (Lipinski definition) is 1. The van der Waals surface area contributed by atoms with Gasteiger partial charge in [-0.15, -0.1) is 11.3 Å².